The number of rotatable bonds is 6. The highest BCUT2D eigenvalue weighted by atomic mass is 79.9. The minimum absolute atomic E-state index is 0.778. The Labute approximate surface area is 112 Å². The molecule has 0 unspecified atom stereocenters. The second kappa shape index (κ2) is 7.34. The van der Waals surface area contributed by atoms with E-state index in [9.17, 15) is 5.26 Å². The average Bonchev–Trinajstić information content (AvgIpc) is 2.39. The molecule has 0 aliphatic heterocycles. The molecule has 2 nitrogen and oxygen atoms in total. The van der Waals surface area contributed by atoms with E-state index in [0.29, 0.717) is 0 Å². The molecule has 3 heteroatoms. The van der Waals surface area contributed by atoms with Crippen LogP contribution in [0.1, 0.15) is 37.8 Å². The fraction of sp³-hybridized carbons (Fsp3) is 0.500. The highest BCUT2D eigenvalue weighted by Crippen LogP contribution is 2.22. The molecule has 1 rings (SSSR count). The third kappa shape index (κ3) is 3.74. The number of hydrogen-bond donors (Lipinski definition) is 0. The summed E-state index contributed by atoms with van der Waals surface area (Å²) in [6, 6.07) is 8.42. The maximum Gasteiger partial charge on any atom is 0.101 e. The van der Waals surface area contributed by atoms with Gasteiger partial charge in [0, 0.05) is 18.4 Å². The van der Waals surface area contributed by atoms with Crippen molar-refractivity contribution in [3.8, 4) is 6.07 Å². The van der Waals surface area contributed by atoms with E-state index in [1.807, 2.05) is 6.07 Å². The van der Waals surface area contributed by atoms with Crippen molar-refractivity contribution in [1.82, 2.24) is 0 Å². The zero-order chi connectivity index (χ0) is 12.7. The minimum atomic E-state index is 0.778. The summed E-state index contributed by atoms with van der Waals surface area (Å²) in [5, 5.41) is 10.0. The van der Waals surface area contributed by atoms with Gasteiger partial charge in [0.2, 0.25) is 0 Å². The van der Waals surface area contributed by atoms with Crippen molar-refractivity contribution < 1.29 is 0 Å². The largest absolute Gasteiger partial charge is 0.371 e. The maximum atomic E-state index is 9.22. The van der Waals surface area contributed by atoms with Gasteiger partial charge in [-0.25, -0.2) is 0 Å². The van der Waals surface area contributed by atoms with Crippen molar-refractivity contribution in [2.24, 2.45) is 0 Å². The van der Waals surface area contributed by atoms with Crippen LogP contribution in [0.2, 0.25) is 0 Å². The van der Waals surface area contributed by atoms with Crippen LogP contribution in [0.4, 0.5) is 5.69 Å². The van der Waals surface area contributed by atoms with E-state index in [1.165, 1.54) is 12.8 Å². The van der Waals surface area contributed by atoms with Crippen molar-refractivity contribution in [2.75, 3.05) is 18.0 Å². The Balaban J connectivity index is 2.98. The zero-order valence-corrected chi connectivity index (χ0v) is 12.1. The molecule has 0 aliphatic carbocycles. The summed E-state index contributed by atoms with van der Waals surface area (Å²) in [6.45, 7) is 6.29. The van der Waals surface area contributed by atoms with E-state index >= 15 is 0 Å². The second-order valence-corrected chi connectivity index (χ2v) is 4.59. The van der Waals surface area contributed by atoms with Crippen molar-refractivity contribution in [3.63, 3.8) is 0 Å². The Morgan fingerprint density at radius 1 is 1.35 bits per heavy atom. The Morgan fingerprint density at radius 3 is 2.65 bits per heavy atom. The number of benzene rings is 1. The molecule has 1 aromatic carbocycles. The van der Waals surface area contributed by atoms with Crippen LogP contribution in [-0.4, -0.2) is 13.1 Å². The number of unbranched alkanes of at least 4 members (excludes halogenated alkanes) is 1. The van der Waals surface area contributed by atoms with E-state index < -0.39 is 0 Å². The van der Waals surface area contributed by atoms with Crippen LogP contribution in [0.25, 0.3) is 0 Å². The quantitative estimate of drug-likeness (QED) is 0.739. The lowest BCUT2D eigenvalue weighted by Gasteiger charge is -2.24. The number of alkyl halides is 1. The lowest BCUT2D eigenvalue weighted by atomic mass is 10.1. The third-order valence-electron chi connectivity index (χ3n) is 2.84. The van der Waals surface area contributed by atoms with Crippen LogP contribution in [0, 0.1) is 11.3 Å². The molecular formula is C14H19BrN2. The second-order valence-electron chi connectivity index (χ2n) is 4.03. The fourth-order valence-electron chi connectivity index (χ4n) is 1.83. The number of nitrogens with zero attached hydrogens (tertiary/aromatic N) is 2. The molecule has 0 N–H and O–H groups in total. The van der Waals surface area contributed by atoms with E-state index in [0.717, 1.165) is 35.2 Å². The van der Waals surface area contributed by atoms with E-state index in [-0.39, 0.29) is 0 Å². The molecule has 0 bridgehead atoms. The topological polar surface area (TPSA) is 27.0 Å². The molecule has 0 atom stereocenters. The minimum Gasteiger partial charge on any atom is -0.371 e. The molecule has 1 aromatic rings. The van der Waals surface area contributed by atoms with Crippen molar-refractivity contribution in [2.45, 2.75) is 32.0 Å². The molecule has 0 saturated carbocycles. The predicted octanol–water partition coefficient (Wildman–Crippen LogP) is 4.08. The van der Waals surface area contributed by atoms with Gasteiger partial charge in [0.15, 0.2) is 0 Å². The smallest absolute Gasteiger partial charge is 0.101 e. The third-order valence-corrected chi connectivity index (χ3v) is 3.49. The molecule has 92 valence electrons. The molecule has 0 aromatic heterocycles. The Hall–Kier alpha value is -1.01. The van der Waals surface area contributed by atoms with Gasteiger partial charge in [0.1, 0.15) is 6.07 Å². The van der Waals surface area contributed by atoms with Crippen molar-refractivity contribution in [1.29, 1.82) is 5.26 Å². The number of halogens is 1. The number of anilines is 1. The summed E-state index contributed by atoms with van der Waals surface area (Å²) in [7, 11) is 0. The molecule has 0 saturated heterocycles. The first kappa shape index (κ1) is 14.1. The van der Waals surface area contributed by atoms with E-state index in [2.05, 4.69) is 52.9 Å². The molecular weight excluding hydrogens is 276 g/mol. The van der Waals surface area contributed by atoms with Gasteiger partial charge < -0.3 is 4.90 Å². The first-order chi connectivity index (χ1) is 8.26. The Morgan fingerprint density at radius 2 is 2.12 bits per heavy atom. The summed E-state index contributed by atoms with van der Waals surface area (Å²) in [5.41, 5.74) is 2.99. The summed E-state index contributed by atoms with van der Waals surface area (Å²) in [5.74, 6) is 0. The average molecular weight is 295 g/mol. The Bertz CT molecular complexity index is 396. The van der Waals surface area contributed by atoms with Crippen LogP contribution in [0.3, 0.4) is 0 Å². The first-order valence-electron chi connectivity index (χ1n) is 6.10. The summed E-state index contributed by atoms with van der Waals surface area (Å²) >= 11 is 3.42. The molecule has 17 heavy (non-hydrogen) atoms. The van der Waals surface area contributed by atoms with Gasteiger partial charge in [0.25, 0.3) is 0 Å². The normalized spacial score (nSPS) is 10.0. The van der Waals surface area contributed by atoms with E-state index in [1.54, 1.807) is 0 Å². The highest BCUT2D eigenvalue weighted by molar-refractivity contribution is 9.08. The predicted molar refractivity (Wildman–Crippen MR) is 76.6 cm³/mol. The number of nitriles is 1. The van der Waals surface area contributed by atoms with Crippen molar-refractivity contribution >= 4 is 21.6 Å². The van der Waals surface area contributed by atoms with Crippen LogP contribution >= 0.6 is 15.9 Å². The van der Waals surface area contributed by atoms with Gasteiger partial charge >= 0.3 is 0 Å². The molecule has 0 fully saturated rings. The first-order valence-corrected chi connectivity index (χ1v) is 7.22. The molecule has 0 radical (unpaired) electrons. The summed E-state index contributed by atoms with van der Waals surface area (Å²) in [6.07, 6.45) is 2.34. The summed E-state index contributed by atoms with van der Waals surface area (Å²) in [4.78, 5) is 2.28. The Kier molecular flexibility index (Phi) is 6.07. The van der Waals surface area contributed by atoms with Crippen LogP contribution in [-0.2, 0) is 5.33 Å². The molecule has 0 amide bonds. The SMILES string of the molecule is CCCCN(CC)c1ccc(CBr)cc1C#N. The standard InChI is InChI=1S/C14H19BrN2/c1-3-5-8-17(4-2)14-7-6-12(10-15)9-13(14)11-16/h6-7,9H,3-5,8,10H2,1-2H3. The number of hydrogen-bond acceptors (Lipinski definition) is 2. The monoisotopic (exact) mass is 294 g/mol. The van der Waals surface area contributed by atoms with Gasteiger partial charge in [0.05, 0.1) is 11.3 Å². The lowest BCUT2D eigenvalue weighted by Crippen LogP contribution is -2.24. The van der Waals surface area contributed by atoms with Crippen molar-refractivity contribution in [3.05, 3.63) is 29.3 Å². The highest BCUT2D eigenvalue weighted by Gasteiger charge is 2.09. The van der Waals surface area contributed by atoms with Gasteiger partial charge in [-0.1, -0.05) is 35.3 Å². The summed E-state index contributed by atoms with van der Waals surface area (Å²) < 4.78 is 0. The maximum absolute atomic E-state index is 9.22. The van der Waals surface area contributed by atoms with Crippen LogP contribution < -0.4 is 4.90 Å². The van der Waals surface area contributed by atoms with Gasteiger partial charge in [-0.15, -0.1) is 0 Å². The van der Waals surface area contributed by atoms with Gasteiger partial charge in [-0.2, -0.15) is 5.26 Å². The van der Waals surface area contributed by atoms with Gasteiger partial charge in [-0.05, 0) is 31.0 Å². The lowest BCUT2D eigenvalue weighted by molar-refractivity contribution is 0.731. The van der Waals surface area contributed by atoms with Crippen LogP contribution in [0.15, 0.2) is 18.2 Å². The van der Waals surface area contributed by atoms with Gasteiger partial charge in [-0.3, -0.25) is 0 Å². The fourth-order valence-corrected chi connectivity index (χ4v) is 2.18. The molecule has 0 heterocycles. The molecule has 0 spiro atoms. The van der Waals surface area contributed by atoms with Crippen LogP contribution in [0.5, 0.6) is 0 Å². The van der Waals surface area contributed by atoms with E-state index in [4.69, 9.17) is 0 Å². The zero-order valence-electron chi connectivity index (χ0n) is 10.5. The molecule has 0 aliphatic rings.